The number of carbonyl (C=O) groups is 1. The van der Waals surface area contributed by atoms with E-state index in [1.54, 1.807) is 24.6 Å². The van der Waals surface area contributed by atoms with Gasteiger partial charge in [-0.1, -0.05) is 11.6 Å². The van der Waals surface area contributed by atoms with Crippen molar-refractivity contribution in [3.8, 4) is 5.75 Å². The van der Waals surface area contributed by atoms with Crippen molar-refractivity contribution in [2.75, 3.05) is 11.9 Å². The standard InChI is InChI=1S/C15H17ClN4O4/c1-3-24-11-4-5-13(14(8-11)20(22)23)18-15(21)6-7-19-10(2)12(16)9-17-19/h4-5,8-9H,3,6-7H2,1-2H3,(H,18,21). The lowest BCUT2D eigenvalue weighted by atomic mass is 10.2. The highest BCUT2D eigenvalue weighted by Gasteiger charge is 2.17. The second kappa shape index (κ2) is 7.78. The van der Waals surface area contributed by atoms with E-state index in [4.69, 9.17) is 16.3 Å². The number of nitrogens with zero attached hydrogens (tertiary/aromatic N) is 3. The van der Waals surface area contributed by atoms with Crippen LogP contribution in [0.3, 0.4) is 0 Å². The van der Waals surface area contributed by atoms with Crippen LogP contribution in [-0.4, -0.2) is 27.2 Å². The van der Waals surface area contributed by atoms with Gasteiger partial charge in [0.25, 0.3) is 5.69 Å². The molecule has 8 nitrogen and oxygen atoms in total. The van der Waals surface area contributed by atoms with Gasteiger partial charge in [0.1, 0.15) is 11.4 Å². The Kier molecular flexibility index (Phi) is 5.75. The lowest BCUT2D eigenvalue weighted by Gasteiger charge is -2.09. The molecule has 1 N–H and O–H groups in total. The van der Waals surface area contributed by atoms with Gasteiger partial charge in [-0.2, -0.15) is 5.10 Å². The first kappa shape index (κ1) is 17.7. The minimum atomic E-state index is -0.560. The average molecular weight is 353 g/mol. The van der Waals surface area contributed by atoms with E-state index >= 15 is 0 Å². The number of halogens is 1. The minimum Gasteiger partial charge on any atom is -0.494 e. The Bertz CT molecular complexity index is 760. The molecule has 0 spiro atoms. The van der Waals surface area contributed by atoms with Crippen molar-refractivity contribution in [3.63, 3.8) is 0 Å². The molecule has 24 heavy (non-hydrogen) atoms. The third kappa shape index (κ3) is 4.23. The van der Waals surface area contributed by atoms with E-state index in [1.165, 1.54) is 18.3 Å². The van der Waals surface area contributed by atoms with Crippen molar-refractivity contribution in [2.24, 2.45) is 0 Å². The topological polar surface area (TPSA) is 99.3 Å². The number of benzene rings is 1. The highest BCUT2D eigenvalue weighted by atomic mass is 35.5. The predicted molar refractivity (Wildman–Crippen MR) is 89.5 cm³/mol. The summed E-state index contributed by atoms with van der Waals surface area (Å²) < 4.78 is 6.84. The van der Waals surface area contributed by atoms with E-state index in [0.717, 1.165) is 5.69 Å². The van der Waals surface area contributed by atoms with E-state index in [0.29, 0.717) is 23.9 Å². The van der Waals surface area contributed by atoms with Gasteiger partial charge in [-0.3, -0.25) is 19.6 Å². The van der Waals surface area contributed by atoms with Gasteiger partial charge in [-0.25, -0.2) is 0 Å². The summed E-state index contributed by atoms with van der Waals surface area (Å²) in [5.74, 6) is 0.0253. The number of rotatable bonds is 7. The summed E-state index contributed by atoms with van der Waals surface area (Å²) in [5, 5.41) is 18.3. The van der Waals surface area contributed by atoms with Crippen LogP contribution < -0.4 is 10.1 Å². The normalized spacial score (nSPS) is 10.5. The highest BCUT2D eigenvalue weighted by molar-refractivity contribution is 6.31. The van der Waals surface area contributed by atoms with E-state index < -0.39 is 4.92 Å². The molecule has 0 saturated carbocycles. The van der Waals surface area contributed by atoms with E-state index in [9.17, 15) is 14.9 Å². The van der Waals surface area contributed by atoms with Crippen molar-refractivity contribution in [2.45, 2.75) is 26.8 Å². The number of aromatic nitrogens is 2. The fraction of sp³-hybridized carbons (Fsp3) is 0.333. The summed E-state index contributed by atoms with van der Waals surface area (Å²) in [6.07, 6.45) is 1.62. The van der Waals surface area contributed by atoms with Crippen molar-refractivity contribution in [1.29, 1.82) is 0 Å². The molecule has 2 rings (SSSR count). The SMILES string of the molecule is CCOc1ccc(NC(=O)CCn2ncc(Cl)c2C)c([N+](=O)[O-])c1. The van der Waals surface area contributed by atoms with Crippen molar-refractivity contribution in [3.05, 3.63) is 45.2 Å². The first-order valence-corrected chi connectivity index (χ1v) is 7.69. The quantitative estimate of drug-likeness (QED) is 0.609. The third-order valence-electron chi connectivity index (χ3n) is 3.34. The maximum atomic E-state index is 12.1. The number of nitro groups is 1. The van der Waals surface area contributed by atoms with Gasteiger partial charge < -0.3 is 10.1 Å². The zero-order valence-corrected chi connectivity index (χ0v) is 14.0. The number of amides is 1. The zero-order valence-electron chi connectivity index (χ0n) is 13.3. The van der Waals surface area contributed by atoms with Gasteiger partial charge >= 0.3 is 0 Å². The Labute approximate surface area is 143 Å². The third-order valence-corrected chi connectivity index (χ3v) is 3.72. The molecule has 1 amide bonds. The second-order valence-electron chi connectivity index (χ2n) is 4.97. The number of ether oxygens (including phenoxy) is 1. The number of nitro benzene ring substituents is 1. The second-order valence-corrected chi connectivity index (χ2v) is 5.38. The molecule has 1 aromatic carbocycles. The Balaban J connectivity index is 2.05. The van der Waals surface area contributed by atoms with Gasteiger partial charge in [0, 0.05) is 6.42 Å². The number of hydrogen-bond acceptors (Lipinski definition) is 5. The first-order chi connectivity index (χ1) is 11.4. The van der Waals surface area contributed by atoms with Gasteiger partial charge in [0.05, 0.1) is 41.1 Å². The summed E-state index contributed by atoms with van der Waals surface area (Å²) in [6.45, 7) is 4.30. The van der Waals surface area contributed by atoms with Crippen LogP contribution in [0.25, 0.3) is 0 Å². The van der Waals surface area contributed by atoms with Crippen molar-refractivity contribution >= 4 is 28.9 Å². The number of anilines is 1. The maximum Gasteiger partial charge on any atom is 0.296 e. The van der Waals surface area contributed by atoms with Crippen LogP contribution in [0.5, 0.6) is 5.75 Å². The smallest absolute Gasteiger partial charge is 0.296 e. The van der Waals surface area contributed by atoms with Crippen LogP contribution in [0.4, 0.5) is 11.4 Å². The van der Waals surface area contributed by atoms with Crippen LogP contribution in [0, 0.1) is 17.0 Å². The zero-order chi connectivity index (χ0) is 17.7. The largest absolute Gasteiger partial charge is 0.494 e. The molecule has 128 valence electrons. The summed E-state index contributed by atoms with van der Waals surface area (Å²) in [7, 11) is 0. The molecular weight excluding hydrogens is 336 g/mol. The van der Waals surface area contributed by atoms with Crippen molar-refractivity contribution < 1.29 is 14.5 Å². The Morgan fingerprint density at radius 1 is 1.50 bits per heavy atom. The Morgan fingerprint density at radius 2 is 2.25 bits per heavy atom. The monoisotopic (exact) mass is 352 g/mol. The Morgan fingerprint density at radius 3 is 2.83 bits per heavy atom. The number of nitrogens with one attached hydrogen (secondary N) is 1. The molecule has 9 heteroatoms. The van der Waals surface area contributed by atoms with Crippen LogP contribution >= 0.6 is 11.6 Å². The molecule has 1 heterocycles. The molecule has 0 bridgehead atoms. The molecule has 0 saturated heterocycles. The lowest BCUT2D eigenvalue weighted by Crippen LogP contribution is -2.16. The van der Waals surface area contributed by atoms with Gasteiger partial charge in [0.2, 0.25) is 5.91 Å². The van der Waals surface area contributed by atoms with E-state index in [1.807, 2.05) is 0 Å². The van der Waals surface area contributed by atoms with E-state index in [2.05, 4.69) is 10.4 Å². The molecule has 0 fully saturated rings. The highest BCUT2D eigenvalue weighted by Crippen LogP contribution is 2.29. The van der Waals surface area contributed by atoms with Crippen molar-refractivity contribution in [1.82, 2.24) is 9.78 Å². The van der Waals surface area contributed by atoms with Gasteiger partial charge in [-0.05, 0) is 26.0 Å². The minimum absolute atomic E-state index is 0.114. The molecule has 2 aromatic rings. The number of aryl methyl sites for hydroxylation is 1. The molecule has 0 atom stereocenters. The first-order valence-electron chi connectivity index (χ1n) is 7.31. The molecule has 0 aliphatic carbocycles. The summed E-state index contributed by atoms with van der Waals surface area (Å²) in [4.78, 5) is 22.6. The fourth-order valence-corrected chi connectivity index (χ4v) is 2.24. The Hall–Kier alpha value is -2.61. The number of hydrogen-bond donors (Lipinski definition) is 1. The van der Waals surface area contributed by atoms with E-state index in [-0.39, 0.29) is 23.7 Å². The van der Waals surface area contributed by atoms with Crippen LogP contribution in [0.15, 0.2) is 24.4 Å². The summed E-state index contributed by atoms with van der Waals surface area (Å²) in [5.41, 5.74) is 0.674. The molecule has 0 unspecified atom stereocenters. The lowest BCUT2D eigenvalue weighted by molar-refractivity contribution is -0.384. The molecular formula is C15H17ClN4O4. The summed E-state index contributed by atoms with van der Waals surface area (Å²) in [6, 6.07) is 4.32. The number of carbonyl (C=O) groups excluding carboxylic acids is 1. The maximum absolute atomic E-state index is 12.1. The fourth-order valence-electron chi connectivity index (χ4n) is 2.09. The molecule has 1 aromatic heterocycles. The average Bonchev–Trinajstić information content (AvgIpc) is 2.86. The predicted octanol–water partition coefficient (Wildman–Crippen LogP) is 3.18. The van der Waals surface area contributed by atoms with Gasteiger partial charge in [0.15, 0.2) is 0 Å². The molecule has 0 aliphatic rings. The van der Waals surface area contributed by atoms with Gasteiger partial charge in [-0.15, -0.1) is 0 Å². The van der Waals surface area contributed by atoms with Crippen LogP contribution in [-0.2, 0) is 11.3 Å². The summed E-state index contributed by atoms with van der Waals surface area (Å²) >= 11 is 5.90. The van der Waals surface area contributed by atoms with Crippen LogP contribution in [0.2, 0.25) is 5.02 Å². The van der Waals surface area contributed by atoms with Crippen LogP contribution in [0.1, 0.15) is 19.0 Å². The molecule has 0 aliphatic heterocycles. The molecule has 0 radical (unpaired) electrons.